The number of hydrogen-bond acceptors (Lipinski definition) is 5. The van der Waals surface area contributed by atoms with Crippen LogP contribution < -0.4 is 5.73 Å². The van der Waals surface area contributed by atoms with Gasteiger partial charge in [0.15, 0.2) is 5.69 Å². The summed E-state index contributed by atoms with van der Waals surface area (Å²) in [5, 5.41) is 5.96. The van der Waals surface area contributed by atoms with Crippen LogP contribution in [0, 0.1) is 5.41 Å². The molecule has 2 amide bonds. The average Bonchev–Trinajstić information content (AvgIpc) is 3.49. The van der Waals surface area contributed by atoms with Crippen LogP contribution in [-0.4, -0.2) is 35.0 Å². The number of aryl methyl sites for hydroxylation is 1. The number of thiophene rings is 1. The number of nitrogens with zero attached hydrogens (tertiary/aromatic N) is 2. The fourth-order valence-electron chi connectivity index (χ4n) is 4.09. The Morgan fingerprint density at radius 3 is 2.87 bits per heavy atom. The molecule has 6 nitrogen and oxygen atoms in total. The molecule has 1 saturated heterocycles. The van der Waals surface area contributed by atoms with Crippen molar-refractivity contribution >= 4 is 23.2 Å². The van der Waals surface area contributed by atoms with Crippen molar-refractivity contribution in [1.82, 2.24) is 10.1 Å². The number of aromatic nitrogens is 1. The molecule has 1 aromatic carbocycles. The van der Waals surface area contributed by atoms with E-state index in [0.29, 0.717) is 37.4 Å². The number of nitrogens with two attached hydrogens (primary N) is 1. The van der Waals surface area contributed by atoms with Gasteiger partial charge in [0, 0.05) is 30.5 Å². The molecule has 7 heteroatoms. The molecule has 2 N–H and O–H groups in total. The zero-order valence-corrected chi connectivity index (χ0v) is 17.8. The Morgan fingerprint density at radius 2 is 2.13 bits per heavy atom. The van der Waals surface area contributed by atoms with Gasteiger partial charge in [-0.05, 0) is 41.8 Å². The van der Waals surface area contributed by atoms with Crippen molar-refractivity contribution in [2.24, 2.45) is 11.1 Å². The molecule has 0 spiro atoms. The quantitative estimate of drug-likeness (QED) is 0.624. The number of hydrogen-bond donors (Lipinski definition) is 1. The van der Waals surface area contributed by atoms with Gasteiger partial charge in [0.25, 0.3) is 5.91 Å². The van der Waals surface area contributed by atoms with E-state index in [2.05, 4.69) is 23.4 Å². The summed E-state index contributed by atoms with van der Waals surface area (Å²) in [6.45, 7) is 2.81. The second kappa shape index (κ2) is 8.44. The van der Waals surface area contributed by atoms with Gasteiger partial charge < -0.3 is 15.2 Å². The predicted molar refractivity (Wildman–Crippen MR) is 116 cm³/mol. The van der Waals surface area contributed by atoms with E-state index >= 15 is 0 Å². The molecule has 1 fully saturated rings. The molecule has 3 aromatic rings. The number of likely N-dealkylation sites (tertiary alicyclic amines) is 1. The topological polar surface area (TPSA) is 89.4 Å². The van der Waals surface area contributed by atoms with Crippen molar-refractivity contribution in [3.8, 4) is 10.4 Å². The summed E-state index contributed by atoms with van der Waals surface area (Å²) in [5.41, 5.74) is 7.53. The first-order chi connectivity index (χ1) is 14.5. The van der Waals surface area contributed by atoms with Crippen molar-refractivity contribution in [3.05, 3.63) is 64.9 Å². The zero-order valence-electron chi connectivity index (χ0n) is 17.0. The van der Waals surface area contributed by atoms with E-state index in [0.717, 1.165) is 24.0 Å². The summed E-state index contributed by atoms with van der Waals surface area (Å²) in [6.07, 6.45) is 2.70. The maximum absolute atomic E-state index is 12.9. The SMILES string of the molecule is CCCc1cc(C(=O)N2CCC(Cc3cccc(-c4cccs4)c3)(C(N)=O)C2)no1. The molecular weight excluding hydrogens is 398 g/mol. The monoisotopic (exact) mass is 423 g/mol. The summed E-state index contributed by atoms with van der Waals surface area (Å²) >= 11 is 1.68. The standard InChI is InChI=1S/C23H25N3O3S/c1-2-5-18-13-19(25-29-18)21(27)26-10-9-23(15-26,22(24)28)14-16-6-3-7-17(12-16)20-8-4-11-30-20/h3-4,6-8,11-13H,2,5,9-10,14-15H2,1H3,(H2,24,28). The summed E-state index contributed by atoms with van der Waals surface area (Å²) < 4.78 is 5.24. The third-order valence-corrected chi connectivity index (χ3v) is 6.63. The molecule has 156 valence electrons. The lowest BCUT2D eigenvalue weighted by Gasteiger charge is -2.26. The molecule has 1 unspecified atom stereocenters. The molecule has 1 aliphatic heterocycles. The maximum atomic E-state index is 12.9. The third-order valence-electron chi connectivity index (χ3n) is 5.71. The maximum Gasteiger partial charge on any atom is 0.276 e. The second-order valence-corrected chi connectivity index (χ2v) is 8.85. The van der Waals surface area contributed by atoms with Gasteiger partial charge in [-0.1, -0.05) is 42.4 Å². The second-order valence-electron chi connectivity index (χ2n) is 7.90. The first-order valence-electron chi connectivity index (χ1n) is 10.2. The van der Waals surface area contributed by atoms with Crippen molar-refractivity contribution < 1.29 is 14.1 Å². The van der Waals surface area contributed by atoms with Gasteiger partial charge in [-0.25, -0.2) is 0 Å². The van der Waals surface area contributed by atoms with Gasteiger partial charge in [-0.15, -0.1) is 11.3 Å². The first kappa shape index (κ1) is 20.3. The van der Waals surface area contributed by atoms with Crippen molar-refractivity contribution in [2.75, 3.05) is 13.1 Å². The largest absolute Gasteiger partial charge is 0.369 e. The van der Waals surface area contributed by atoms with E-state index in [1.54, 1.807) is 22.3 Å². The van der Waals surface area contributed by atoms with E-state index in [1.807, 2.05) is 30.5 Å². The van der Waals surface area contributed by atoms with Gasteiger partial charge in [0.2, 0.25) is 5.91 Å². The lowest BCUT2D eigenvalue weighted by atomic mass is 9.80. The molecule has 4 rings (SSSR count). The lowest BCUT2D eigenvalue weighted by Crippen LogP contribution is -2.42. The predicted octanol–water partition coefficient (Wildman–Crippen LogP) is 3.92. The molecule has 0 saturated carbocycles. The Balaban J connectivity index is 1.52. The van der Waals surface area contributed by atoms with Crippen LogP contribution in [-0.2, 0) is 17.6 Å². The Hall–Kier alpha value is -2.93. The molecule has 0 bridgehead atoms. The van der Waals surface area contributed by atoms with E-state index in [1.165, 1.54) is 4.88 Å². The van der Waals surface area contributed by atoms with Gasteiger partial charge in [0.05, 0.1) is 5.41 Å². The average molecular weight is 424 g/mol. The highest BCUT2D eigenvalue weighted by Gasteiger charge is 2.45. The first-order valence-corrected chi connectivity index (χ1v) is 11.1. The minimum Gasteiger partial charge on any atom is -0.369 e. The van der Waals surface area contributed by atoms with E-state index in [-0.39, 0.29) is 11.8 Å². The van der Waals surface area contributed by atoms with Crippen LogP contribution in [0.25, 0.3) is 10.4 Å². The number of rotatable bonds is 7. The van der Waals surface area contributed by atoms with Gasteiger partial charge in [-0.3, -0.25) is 9.59 Å². The molecular formula is C23H25N3O3S. The highest BCUT2D eigenvalue weighted by Crippen LogP contribution is 2.36. The van der Waals surface area contributed by atoms with E-state index in [4.69, 9.17) is 10.3 Å². The molecule has 1 atom stereocenters. The molecule has 0 aliphatic carbocycles. The number of carbonyl (C=O) groups excluding carboxylic acids is 2. The number of benzene rings is 1. The van der Waals surface area contributed by atoms with Crippen LogP contribution in [0.1, 0.15) is 41.6 Å². The molecule has 2 aromatic heterocycles. The van der Waals surface area contributed by atoms with Crippen LogP contribution in [0.5, 0.6) is 0 Å². The van der Waals surface area contributed by atoms with E-state index < -0.39 is 5.41 Å². The summed E-state index contributed by atoms with van der Waals surface area (Å²) in [7, 11) is 0. The fourth-order valence-corrected chi connectivity index (χ4v) is 4.81. The number of amides is 2. The highest BCUT2D eigenvalue weighted by molar-refractivity contribution is 7.13. The lowest BCUT2D eigenvalue weighted by molar-refractivity contribution is -0.126. The molecule has 3 heterocycles. The Bertz CT molecular complexity index is 1040. The summed E-state index contributed by atoms with van der Waals surface area (Å²) in [5.74, 6) is 0.120. The highest BCUT2D eigenvalue weighted by atomic mass is 32.1. The number of carbonyl (C=O) groups is 2. The minimum absolute atomic E-state index is 0.212. The van der Waals surface area contributed by atoms with Crippen LogP contribution in [0.4, 0.5) is 0 Å². The third kappa shape index (κ3) is 4.03. The van der Waals surface area contributed by atoms with Crippen molar-refractivity contribution in [2.45, 2.75) is 32.6 Å². The van der Waals surface area contributed by atoms with Crippen molar-refractivity contribution in [1.29, 1.82) is 0 Å². The Kier molecular flexibility index (Phi) is 5.72. The van der Waals surface area contributed by atoms with E-state index in [9.17, 15) is 9.59 Å². The molecule has 1 aliphatic rings. The Morgan fingerprint density at radius 1 is 1.27 bits per heavy atom. The summed E-state index contributed by atoms with van der Waals surface area (Å²) in [4.78, 5) is 28.2. The minimum atomic E-state index is -0.778. The van der Waals surface area contributed by atoms with Gasteiger partial charge >= 0.3 is 0 Å². The number of primary amides is 1. The van der Waals surface area contributed by atoms with Crippen LogP contribution in [0.2, 0.25) is 0 Å². The van der Waals surface area contributed by atoms with Crippen LogP contribution in [0.3, 0.4) is 0 Å². The molecule has 0 radical (unpaired) electrons. The Labute approximate surface area is 179 Å². The molecule has 30 heavy (non-hydrogen) atoms. The van der Waals surface area contributed by atoms with Gasteiger partial charge in [0.1, 0.15) is 5.76 Å². The smallest absolute Gasteiger partial charge is 0.276 e. The fraction of sp³-hybridized carbons (Fsp3) is 0.348. The van der Waals surface area contributed by atoms with Gasteiger partial charge in [-0.2, -0.15) is 0 Å². The van der Waals surface area contributed by atoms with Crippen molar-refractivity contribution in [3.63, 3.8) is 0 Å². The normalized spacial score (nSPS) is 18.6. The summed E-state index contributed by atoms with van der Waals surface area (Å²) in [6, 6.07) is 14.0. The van der Waals surface area contributed by atoms with Crippen LogP contribution in [0.15, 0.2) is 52.4 Å². The zero-order chi connectivity index (χ0) is 21.1. The van der Waals surface area contributed by atoms with Crippen LogP contribution >= 0.6 is 11.3 Å².